The van der Waals surface area contributed by atoms with Crippen LogP contribution in [0.4, 0.5) is 10.1 Å². The first-order chi connectivity index (χ1) is 13.8. The van der Waals surface area contributed by atoms with Gasteiger partial charge in [-0.1, -0.05) is 11.6 Å². The lowest BCUT2D eigenvalue weighted by molar-refractivity contribution is 0.0939. The average Bonchev–Trinajstić information content (AvgIpc) is 2.70. The van der Waals surface area contributed by atoms with Crippen LogP contribution in [0.3, 0.4) is 0 Å². The predicted molar refractivity (Wildman–Crippen MR) is 109 cm³/mol. The van der Waals surface area contributed by atoms with Gasteiger partial charge in [-0.25, -0.2) is 12.8 Å². The second-order valence-electron chi connectivity index (χ2n) is 6.23. The normalized spacial score (nSPS) is 12.2. The molecule has 0 aliphatic heterocycles. The zero-order valence-electron chi connectivity index (χ0n) is 15.3. The molecule has 0 radical (unpaired) electrons. The molecule has 1 atom stereocenters. The van der Waals surface area contributed by atoms with Gasteiger partial charge in [0.15, 0.2) is 0 Å². The zero-order chi connectivity index (χ0) is 21.0. The molecule has 2 aromatic carbocycles. The number of anilines is 1. The second-order valence-corrected chi connectivity index (χ2v) is 8.29. The number of halogens is 2. The summed E-state index contributed by atoms with van der Waals surface area (Å²) in [6, 6.07) is 12.0. The maximum Gasteiger partial charge on any atom is 0.263 e. The van der Waals surface area contributed by atoms with Crippen molar-refractivity contribution in [2.45, 2.75) is 17.9 Å². The maximum absolute atomic E-state index is 13.0. The van der Waals surface area contributed by atoms with E-state index in [9.17, 15) is 17.6 Å². The Morgan fingerprint density at radius 2 is 1.72 bits per heavy atom. The third-order valence-electron chi connectivity index (χ3n) is 4.13. The van der Waals surface area contributed by atoms with Crippen LogP contribution < -0.4 is 10.0 Å². The van der Waals surface area contributed by atoms with Crippen molar-refractivity contribution in [2.75, 3.05) is 4.72 Å². The quantitative estimate of drug-likeness (QED) is 0.610. The molecule has 1 aromatic heterocycles. The number of benzene rings is 2. The van der Waals surface area contributed by atoms with Gasteiger partial charge in [-0.3, -0.25) is 14.5 Å². The van der Waals surface area contributed by atoms with Crippen molar-refractivity contribution in [3.63, 3.8) is 0 Å². The van der Waals surface area contributed by atoms with E-state index in [2.05, 4.69) is 15.0 Å². The summed E-state index contributed by atoms with van der Waals surface area (Å²) in [5.74, 6) is -0.947. The van der Waals surface area contributed by atoms with E-state index in [1.165, 1.54) is 30.3 Å². The molecule has 0 fully saturated rings. The molecular weight excluding hydrogens is 417 g/mol. The summed E-state index contributed by atoms with van der Waals surface area (Å²) in [7, 11) is -4.09. The number of rotatable bonds is 6. The van der Waals surface area contributed by atoms with Crippen molar-refractivity contribution in [3.05, 3.63) is 89.0 Å². The second kappa shape index (κ2) is 8.59. The average molecular weight is 434 g/mol. The van der Waals surface area contributed by atoms with Gasteiger partial charge in [0.1, 0.15) is 10.7 Å². The number of carbonyl (C=O) groups excluding carboxylic acids is 1. The van der Waals surface area contributed by atoms with E-state index in [4.69, 9.17) is 11.6 Å². The summed E-state index contributed by atoms with van der Waals surface area (Å²) in [5.41, 5.74) is 1.16. The number of carbonyl (C=O) groups is 1. The molecule has 29 heavy (non-hydrogen) atoms. The Balaban J connectivity index is 1.83. The summed E-state index contributed by atoms with van der Waals surface area (Å²) in [6.45, 7) is 1.80. The minimum atomic E-state index is -4.09. The number of amides is 1. The highest BCUT2D eigenvalue weighted by Gasteiger charge is 2.21. The van der Waals surface area contributed by atoms with E-state index in [-0.39, 0.29) is 27.2 Å². The van der Waals surface area contributed by atoms with Crippen molar-refractivity contribution in [2.24, 2.45) is 0 Å². The summed E-state index contributed by atoms with van der Waals surface area (Å²) >= 11 is 6.06. The molecule has 0 saturated carbocycles. The molecule has 9 heteroatoms. The summed E-state index contributed by atoms with van der Waals surface area (Å²) in [5, 5.41) is 2.76. The number of sulfonamides is 1. The molecular formula is C20H17ClFN3O3S. The summed E-state index contributed by atoms with van der Waals surface area (Å²) in [4.78, 5) is 16.3. The fraction of sp³-hybridized carbons (Fsp3) is 0.100. The molecule has 0 bridgehead atoms. The topological polar surface area (TPSA) is 88.2 Å². The Kier molecular flexibility index (Phi) is 6.14. The van der Waals surface area contributed by atoms with Gasteiger partial charge in [0, 0.05) is 23.6 Å². The van der Waals surface area contributed by atoms with E-state index < -0.39 is 21.7 Å². The molecule has 0 saturated heterocycles. The number of nitrogens with zero attached hydrogens (tertiary/aromatic N) is 1. The van der Waals surface area contributed by atoms with E-state index in [0.29, 0.717) is 0 Å². The maximum atomic E-state index is 13.0. The van der Waals surface area contributed by atoms with Crippen LogP contribution in [0.5, 0.6) is 0 Å². The fourth-order valence-corrected chi connectivity index (χ4v) is 4.18. The van der Waals surface area contributed by atoms with Crippen LogP contribution in [0.25, 0.3) is 0 Å². The third kappa shape index (κ3) is 5.10. The van der Waals surface area contributed by atoms with Crippen LogP contribution in [-0.2, 0) is 10.0 Å². The van der Waals surface area contributed by atoms with Gasteiger partial charge in [0.2, 0.25) is 0 Å². The van der Waals surface area contributed by atoms with Crippen molar-refractivity contribution < 1.29 is 17.6 Å². The summed E-state index contributed by atoms with van der Waals surface area (Å²) < 4.78 is 40.7. The first-order valence-electron chi connectivity index (χ1n) is 8.55. The molecule has 6 nitrogen and oxygen atoms in total. The van der Waals surface area contributed by atoms with Gasteiger partial charge in [-0.05, 0) is 67.1 Å². The molecule has 0 aliphatic carbocycles. The van der Waals surface area contributed by atoms with Gasteiger partial charge in [0.05, 0.1) is 11.1 Å². The molecule has 0 aliphatic rings. The third-order valence-corrected chi connectivity index (χ3v) is 6.00. The van der Waals surface area contributed by atoms with Crippen molar-refractivity contribution in [1.29, 1.82) is 0 Å². The Bertz CT molecular complexity index is 1120. The largest absolute Gasteiger partial charge is 0.346 e. The van der Waals surface area contributed by atoms with Gasteiger partial charge in [-0.15, -0.1) is 0 Å². The lowest BCUT2D eigenvalue weighted by Gasteiger charge is -2.15. The number of hydrogen-bond acceptors (Lipinski definition) is 4. The highest BCUT2D eigenvalue weighted by molar-refractivity contribution is 7.92. The van der Waals surface area contributed by atoms with E-state index >= 15 is 0 Å². The number of pyridine rings is 1. The van der Waals surface area contributed by atoms with Gasteiger partial charge in [0.25, 0.3) is 15.9 Å². The van der Waals surface area contributed by atoms with Gasteiger partial charge < -0.3 is 5.32 Å². The van der Waals surface area contributed by atoms with Gasteiger partial charge >= 0.3 is 0 Å². The van der Waals surface area contributed by atoms with Crippen LogP contribution in [-0.4, -0.2) is 19.3 Å². The first kappa shape index (κ1) is 20.8. The SMILES string of the molecule is CC(NC(=O)c1ccc(Cl)c(S(=O)(=O)Nc2ccc(F)cc2)c1)c1ccncc1. The number of aromatic nitrogens is 1. The van der Waals surface area contributed by atoms with Crippen LogP contribution in [0.15, 0.2) is 71.9 Å². The van der Waals surface area contributed by atoms with E-state index in [1.54, 1.807) is 31.5 Å². The van der Waals surface area contributed by atoms with Crippen molar-refractivity contribution >= 4 is 33.2 Å². The van der Waals surface area contributed by atoms with Crippen molar-refractivity contribution in [3.8, 4) is 0 Å². The molecule has 150 valence electrons. The number of nitrogens with one attached hydrogen (secondary N) is 2. The van der Waals surface area contributed by atoms with Crippen LogP contribution in [0.1, 0.15) is 28.9 Å². The number of hydrogen-bond donors (Lipinski definition) is 2. The monoisotopic (exact) mass is 433 g/mol. The first-order valence-corrected chi connectivity index (χ1v) is 10.4. The Morgan fingerprint density at radius 3 is 2.38 bits per heavy atom. The Hall–Kier alpha value is -2.97. The smallest absolute Gasteiger partial charge is 0.263 e. The minimum Gasteiger partial charge on any atom is -0.346 e. The zero-order valence-corrected chi connectivity index (χ0v) is 16.8. The molecule has 1 amide bonds. The van der Waals surface area contributed by atoms with Crippen LogP contribution in [0, 0.1) is 5.82 Å². The highest BCUT2D eigenvalue weighted by Crippen LogP contribution is 2.25. The summed E-state index contributed by atoms with van der Waals surface area (Å²) in [6.07, 6.45) is 3.23. The van der Waals surface area contributed by atoms with E-state index in [1.807, 2.05) is 0 Å². The Labute approximate surface area is 172 Å². The standard InChI is InChI=1S/C20H17ClFN3O3S/c1-13(14-8-10-23-11-9-14)24-20(26)15-2-7-18(21)19(12-15)29(27,28)25-17-5-3-16(22)4-6-17/h2-13,25H,1H3,(H,24,26). The molecule has 0 spiro atoms. The highest BCUT2D eigenvalue weighted by atomic mass is 35.5. The molecule has 1 unspecified atom stereocenters. The molecule has 3 rings (SSSR count). The fourth-order valence-electron chi connectivity index (χ4n) is 2.59. The molecule has 2 N–H and O–H groups in total. The van der Waals surface area contributed by atoms with Gasteiger partial charge in [-0.2, -0.15) is 0 Å². The Morgan fingerprint density at radius 1 is 1.07 bits per heavy atom. The lowest BCUT2D eigenvalue weighted by Crippen LogP contribution is -2.27. The predicted octanol–water partition coefficient (Wildman–Crippen LogP) is 4.17. The molecule has 3 aromatic rings. The van der Waals surface area contributed by atoms with Crippen LogP contribution >= 0.6 is 11.6 Å². The minimum absolute atomic E-state index is 0.0432. The van der Waals surface area contributed by atoms with Crippen LogP contribution in [0.2, 0.25) is 5.02 Å². The lowest BCUT2D eigenvalue weighted by atomic mass is 10.1. The molecule has 1 heterocycles. The van der Waals surface area contributed by atoms with Crippen molar-refractivity contribution in [1.82, 2.24) is 10.3 Å². The van der Waals surface area contributed by atoms with E-state index in [0.717, 1.165) is 17.7 Å².